The Morgan fingerprint density at radius 3 is 1.65 bits per heavy atom. The van der Waals surface area contributed by atoms with Crippen LogP contribution in [0.4, 0.5) is 23.2 Å². The van der Waals surface area contributed by atoms with E-state index in [1.165, 1.54) is 18.2 Å². The van der Waals surface area contributed by atoms with Crippen molar-refractivity contribution in [1.82, 2.24) is 4.48 Å². The van der Waals surface area contributed by atoms with E-state index in [-0.39, 0.29) is 5.56 Å². The molecule has 0 aliphatic rings. The molecule has 105 valence electrons. The molecule has 0 N–H and O–H groups in total. The molecular weight excluding hydrogens is 270 g/mol. The summed E-state index contributed by atoms with van der Waals surface area (Å²) < 4.78 is 54.1. The highest BCUT2D eigenvalue weighted by molar-refractivity contribution is 5.67. The summed E-state index contributed by atoms with van der Waals surface area (Å²) in [6, 6.07) is 7.53. The van der Waals surface area contributed by atoms with E-state index in [1.54, 1.807) is 12.1 Å². The lowest BCUT2D eigenvalue weighted by molar-refractivity contribution is 0.455. The lowest BCUT2D eigenvalue weighted by atomic mass is 10.0. The Bertz CT molecular complexity index is 616. The highest BCUT2D eigenvalue weighted by Crippen LogP contribution is 2.31. The van der Waals surface area contributed by atoms with Gasteiger partial charge in [-0.2, -0.15) is 0 Å². The van der Waals surface area contributed by atoms with Crippen molar-refractivity contribution in [1.29, 1.82) is 0 Å². The van der Waals surface area contributed by atoms with Crippen LogP contribution in [0.5, 0.6) is 0 Å². The zero-order valence-corrected chi connectivity index (χ0v) is 11.3. The molecule has 2 aromatic rings. The van der Waals surface area contributed by atoms with Crippen LogP contribution in [0.2, 0.25) is 0 Å². The predicted octanol–water partition coefficient (Wildman–Crippen LogP) is 3.91. The molecule has 0 aliphatic heterocycles. The SMILES string of the molecule is C[N+](C)(C)c1ccc(-c2c(F)c(F)[c]c(F)c2F)cc1. The molecule has 0 spiro atoms. The van der Waals surface area contributed by atoms with E-state index in [0.717, 1.165) is 5.69 Å². The summed E-state index contributed by atoms with van der Waals surface area (Å²) in [5, 5.41) is 0. The quantitative estimate of drug-likeness (QED) is 0.445. The molecule has 1 nitrogen and oxygen atoms in total. The summed E-state index contributed by atoms with van der Waals surface area (Å²) >= 11 is 0. The molecule has 2 aromatic carbocycles. The van der Waals surface area contributed by atoms with Gasteiger partial charge in [0.1, 0.15) is 5.69 Å². The minimum Gasteiger partial charge on any atom is -0.298 e. The Balaban J connectivity index is 2.58. The van der Waals surface area contributed by atoms with Crippen LogP contribution in [0.15, 0.2) is 24.3 Å². The minimum atomic E-state index is -1.53. The predicted molar refractivity (Wildman–Crippen MR) is 70.1 cm³/mol. The van der Waals surface area contributed by atoms with Crippen LogP contribution in [0.3, 0.4) is 0 Å². The Morgan fingerprint density at radius 1 is 0.800 bits per heavy atom. The number of hydrogen-bond acceptors (Lipinski definition) is 0. The summed E-state index contributed by atoms with van der Waals surface area (Å²) in [4.78, 5) is 0. The first-order chi connectivity index (χ1) is 9.21. The molecule has 0 atom stereocenters. The molecule has 0 fully saturated rings. The van der Waals surface area contributed by atoms with Gasteiger partial charge in [0.25, 0.3) is 0 Å². The highest BCUT2D eigenvalue weighted by Gasteiger charge is 2.21. The molecule has 0 aromatic heterocycles. The van der Waals surface area contributed by atoms with Gasteiger partial charge in [0, 0.05) is 0 Å². The lowest BCUT2D eigenvalue weighted by Gasteiger charge is -2.23. The third-order valence-corrected chi connectivity index (χ3v) is 2.97. The van der Waals surface area contributed by atoms with Gasteiger partial charge in [0.15, 0.2) is 23.3 Å². The van der Waals surface area contributed by atoms with Gasteiger partial charge in [-0.1, -0.05) is 0 Å². The fraction of sp³-hybridized carbons (Fsp3) is 0.200. The summed E-state index contributed by atoms with van der Waals surface area (Å²) in [5.74, 6) is -5.95. The zero-order valence-electron chi connectivity index (χ0n) is 11.3. The van der Waals surface area contributed by atoms with Gasteiger partial charge in [-0.25, -0.2) is 17.6 Å². The van der Waals surface area contributed by atoms with Gasteiger partial charge in [0.2, 0.25) is 0 Å². The highest BCUT2D eigenvalue weighted by atomic mass is 19.2. The number of rotatable bonds is 2. The smallest absolute Gasteiger partial charge is 0.170 e. The van der Waals surface area contributed by atoms with Gasteiger partial charge in [-0.15, -0.1) is 0 Å². The van der Waals surface area contributed by atoms with E-state index in [9.17, 15) is 17.6 Å². The molecule has 5 heteroatoms. The molecule has 0 unspecified atom stereocenters. The Morgan fingerprint density at radius 2 is 1.25 bits per heavy atom. The van der Waals surface area contributed by atoms with Crippen molar-refractivity contribution in [2.45, 2.75) is 0 Å². The second-order valence-electron chi connectivity index (χ2n) is 5.32. The van der Waals surface area contributed by atoms with E-state index < -0.39 is 28.8 Å². The first-order valence-corrected chi connectivity index (χ1v) is 5.89. The Labute approximate surface area is 114 Å². The third kappa shape index (κ3) is 2.54. The van der Waals surface area contributed by atoms with Crippen LogP contribution in [0, 0.1) is 29.3 Å². The molecule has 0 amide bonds. The van der Waals surface area contributed by atoms with Crippen LogP contribution < -0.4 is 4.48 Å². The number of benzene rings is 2. The van der Waals surface area contributed by atoms with Crippen LogP contribution in [-0.4, -0.2) is 21.1 Å². The molecular formula is C15H13F4N+. The minimum absolute atomic E-state index is 0.0731. The van der Waals surface area contributed by atoms with E-state index in [2.05, 4.69) is 0 Å². The average molecular weight is 283 g/mol. The van der Waals surface area contributed by atoms with Crippen molar-refractivity contribution < 1.29 is 17.6 Å². The van der Waals surface area contributed by atoms with E-state index in [0.29, 0.717) is 4.48 Å². The lowest BCUT2D eigenvalue weighted by Crippen LogP contribution is -2.34. The van der Waals surface area contributed by atoms with Gasteiger partial charge in [-0.05, 0) is 29.8 Å². The molecule has 20 heavy (non-hydrogen) atoms. The summed E-state index contributed by atoms with van der Waals surface area (Å²) in [6.45, 7) is 0. The van der Waals surface area contributed by atoms with Crippen molar-refractivity contribution >= 4 is 5.69 Å². The van der Waals surface area contributed by atoms with Gasteiger partial charge in [0.05, 0.1) is 32.8 Å². The third-order valence-electron chi connectivity index (χ3n) is 2.97. The first kappa shape index (κ1) is 14.5. The summed E-state index contributed by atoms with van der Waals surface area (Å²) in [5.41, 5.74) is 0.244. The zero-order chi connectivity index (χ0) is 15.1. The molecule has 1 radical (unpaired) electrons. The van der Waals surface area contributed by atoms with Crippen molar-refractivity contribution in [3.63, 3.8) is 0 Å². The molecule has 0 saturated carbocycles. The average Bonchev–Trinajstić information content (AvgIpc) is 2.36. The second kappa shape index (κ2) is 4.90. The fourth-order valence-corrected chi connectivity index (χ4v) is 1.85. The van der Waals surface area contributed by atoms with Crippen molar-refractivity contribution in [2.24, 2.45) is 0 Å². The normalized spacial score (nSPS) is 11.8. The van der Waals surface area contributed by atoms with E-state index in [1.807, 2.05) is 21.1 Å². The van der Waals surface area contributed by atoms with Crippen LogP contribution in [-0.2, 0) is 0 Å². The molecule has 0 heterocycles. The van der Waals surface area contributed by atoms with Crippen LogP contribution >= 0.6 is 0 Å². The molecule has 0 bridgehead atoms. The maximum atomic E-state index is 13.6. The number of quaternary nitrogens is 1. The second-order valence-corrected chi connectivity index (χ2v) is 5.32. The van der Waals surface area contributed by atoms with Crippen molar-refractivity contribution in [3.05, 3.63) is 53.6 Å². The van der Waals surface area contributed by atoms with Crippen LogP contribution in [0.25, 0.3) is 11.1 Å². The number of nitrogens with zero attached hydrogens (tertiary/aromatic N) is 1. The Hall–Kier alpha value is -1.88. The number of halogens is 4. The number of hydrogen-bond donors (Lipinski definition) is 0. The Kier molecular flexibility index (Phi) is 3.56. The molecule has 0 aliphatic carbocycles. The fourth-order valence-electron chi connectivity index (χ4n) is 1.85. The van der Waals surface area contributed by atoms with Gasteiger partial charge in [-0.3, -0.25) is 4.48 Å². The molecule has 2 rings (SSSR count). The maximum absolute atomic E-state index is 13.6. The van der Waals surface area contributed by atoms with Gasteiger partial charge >= 0.3 is 0 Å². The topological polar surface area (TPSA) is 0 Å². The van der Waals surface area contributed by atoms with E-state index >= 15 is 0 Å². The standard InChI is InChI=1S/C15H13F4N/c1-20(2,3)10-6-4-9(5-7-10)13-14(18)11(16)8-12(17)15(13)19/h4-7H,1-3H3/q+1. The summed E-state index contributed by atoms with van der Waals surface area (Å²) in [6.07, 6.45) is 0. The maximum Gasteiger partial charge on any atom is 0.170 e. The van der Waals surface area contributed by atoms with Crippen LogP contribution in [0.1, 0.15) is 0 Å². The molecule has 0 saturated heterocycles. The monoisotopic (exact) mass is 283 g/mol. The largest absolute Gasteiger partial charge is 0.298 e. The van der Waals surface area contributed by atoms with E-state index in [4.69, 9.17) is 0 Å². The van der Waals surface area contributed by atoms with Crippen molar-refractivity contribution in [2.75, 3.05) is 21.1 Å². The first-order valence-electron chi connectivity index (χ1n) is 5.89. The van der Waals surface area contributed by atoms with Crippen molar-refractivity contribution in [3.8, 4) is 11.1 Å². The summed E-state index contributed by atoms with van der Waals surface area (Å²) in [7, 11) is 5.77. The van der Waals surface area contributed by atoms with Gasteiger partial charge < -0.3 is 0 Å².